The zero-order chi connectivity index (χ0) is 13.0. The van der Waals surface area contributed by atoms with Crippen molar-refractivity contribution in [2.24, 2.45) is 0 Å². The molecule has 2 aromatic rings. The number of hydrogen-bond acceptors (Lipinski definition) is 3. The molecule has 2 rings (SSSR count). The minimum Gasteiger partial charge on any atom is -0.493 e. The summed E-state index contributed by atoms with van der Waals surface area (Å²) in [5.74, 6) is 1.20. The van der Waals surface area contributed by atoms with Gasteiger partial charge in [-0.25, -0.2) is 0 Å². The van der Waals surface area contributed by atoms with Crippen molar-refractivity contribution in [3.8, 4) is 11.5 Å². The molecule has 18 heavy (non-hydrogen) atoms. The first-order chi connectivity index (χ1) is 8.70. The van der Waals surface area contributed by atoms with Gasteiger partial charge in [-0.3, -0.25) is 0 Å². The van der Waals surface area contributed by atoms with Crippen molar-refractivity contribution in [2.75, 3.05) is 12.8 Å². The number of rotatable bonds is 4. The van der Waals surface area contributed by atoms with Crippen molar-refractivity contribution >= 4 is 21.6 Å². The molecule has 0 heterocycles. The molecule has 0 atom stereocenters. The predicted molar refractivity (Wildman–Crippen MR) is 75.9 cm³/mol. The Morgan fingerprint density at radius 2 is 1.89 bits per heavy atom. The van der Waals surface area contributed by atoms with E-state index in [9.17, 15) is 0 Å². The second kappa shape index (κ2) is 5.78. The van der Waals surface area contributed by atoms with Crippen molar-refractivity contribution in [2.45, 2.75) is 6.61 Å². The molecule has 0 bridgehead atoms. The van der Waals surface area contributed by atoms with Crippen molar-refractivity contribution in [3.05, 3.63) is 52.5 Å². The maximum atomic E-state index is 5.93. The van der Waals surface area contributed by atoms with Crippen LogP contribution in [-0.4, -0.2) is 7.11 Å². The van der Waals surface area contributed by atoms with Gasteiger partial charge in [0.2, 0.25) is 0 Å². The van der Waals surface area contributed by atoms with E-state index >= 15 is 0 Å². The van der Waals surface area contributed by atoms with E-state index in [0.717, 1.165) is 10.0 Å². The highest BCUT2D eigenvalue weighted by Gasteiger charge is 2.10. The summed E-state index contributed by atoms with van der Waals surface area (Å²) in [4.78, 5) is 0. The van der Waals surface area contributed by atoms with E-state index in [4.69, 9.17) is 15.2 Å². The highest BCUT2D eigenvalue weighted by molar-refractivity contribution is 9.10. The van der Waals surface area contributed by atoms with Crippen LogP contribution in [0.3, 0.4) is 0 Å². The Balaban J connectivity index is 2.19. The van der Waals surface area contributed by atoms with Gasteiger partial charge in [0, 0.05) is 4.47 Å². The molecule has 4 heteroatoms. The molecule has 0 aromatic heterocycles. The molecule has 94 valence electrons. The third-order valence-corrected chi connectivity index (χ3v) is 2.95. The Bertz CT molecular complexity index is 529. The SMILES string of the molecule is COc1cc(Br)cc(N)c1OCc1ccccc1. The first kappa shape index (κ1) is 12.8. The van der Waals surface area contributed by atoms with Gasteiger partial charge in [-0.1, -0.05) is 46.3 Å². The molecule has 0 aliphatic rings. The van der Waals surface area contributed by atoms with Crippen LogP contribution in [0.5, 0.6) is 11.5 Å². The van der Waals surface area contributed by atoms with Crippen LogP contribution in [0.1, 0.15) is 5.56 Å². The first-order valence-electron chi connectivity index (χ1n) is 5.50. The number of nitrogen functional groups attached to an aromatic ring is 1. The number of methoxy groups -OCH3 is 1. The second-order valence-electron chi connectivity index (χ2n) is 3.80. The lowest BCUT2D eigenvalue weighted by Gasteiger charge is -2.13. The van der Waals surface area contributed by atoms with Crippen LogP contribution < -0.4 is 15.2 Å². The Kier molecular flexibility index (Phi) is 4.10. The summed E-state index contributed by atoms with van der Waals surface area (Å²) < 4.78 is 11.9. The average molecular weight is 308 g/mol. The lowest BCUT2D eigenvalue weighted by Crippen LogP contribution is -2.01. The summed E-state index contributed by atoms with van der Waals surface area (Å²) in [5.41, 5.74) is 7.56. The van der Waals surface area contributed by atoms with E-state index in [-0.39, 0.29) is 0 Å². The number of nitrogens with two attached hydrogens (primary N) is 1. The zero-order valence-electron chi connectivity index (χ0n) is 10.0. The van der Waals surface area contributed by atoms with Gasteiger partial charge in [0.25, 0.3) is 0 Å². The second-order valence-corrected chi connectivity index (χ2v) is 4.72. The minimum absolute atomic E-state index is 0.461. The fourth-order valence-corrected chi connectivity index (χ4v) is 2.08. The average Bonchev–Trinajstić information content (AvgIpc) is 2.38. The van der Waals surface area contributed by atoms with Crippen molar-refractivity contribution in [1.29, 1.82) is 0 Å². The topological polar surface area (TPSA) is 44.5 Å². The Morgan fingerprint density at radius 1 is 1.17 bits per heavy atom. The maximum Gasteiger partial charge on any atom is 0.184 e. The van der Waals surface area contributed by atoms with Gasteiger partial charge in [0.05, 0.1) is 12.8 Å². The normalized spacial score (nSPS) is 10.1. The molecule has 0 fully saturated rings. The zero-order valence-corrected chi connectivity index (χ0v) is 11.6. The molecule has 0 radical (unpaired) electrons. The van der Waals surface area contributed by atoms with E-state index in [1.54, 1.807) is 13.2 Å². The molecule has 0 saturated carbocycles. The number of halogens is 1. The van der Waals surface area contributed by atoms with Crippen LogP contribution in [-0.2, 0) is 6.61 Å². The van der Waals surface area contributed by atoms with Gasteiger partial charge in [0.1, 0.15) is 6.61 Å². The van der Waals surface area contributed by atoms with Gasteiger partial charge in [-0.15, -0.1) is 0 Å². The van der Waals surface area contributed by atoms with E-state index < -0.39 is 0 Å². The molecule has 0 aliphatic carbocycles. The fraction of sp³-hybridized carbons (Fsp3) is 0.143. The molecule has 0 aliphatic heterocycles. The third kappa shape index (κ3) is 2.96. The smallest absolute Gasteiger partial charge is 0.184 e. The molecule has 0 saturated heterocycles. The fourth-order valence-electron chi connectivity index (χ4n) is 1.62. The highest BCUT2D eigenvalue weighted by Crippen LogP contribution is 2.37. The van der Waals surface area contributed by atoms with Crippen LogP contribution in [0.2, 0.25) is 0 Å². The summed E-state index contributed by atoms with van der Waals surface area (Å²) in [6.07, 6.45) is 0. The minimum atomic E-state index is 0.461. The maximum absolute atomic E-state index is 5.93. The largest absolute Gasteiger partial charge is 0.493 e. The summed E-state index contributed by atoms with van der Waals surface area (Å²) in [7, 11) is 1.59. The monoisotopic (exact) mass is 307 g/mol. The van der Waals surface area contributed by atoms with E-state index in [1.165, 1.54) is 0 Å². The molecule has 0 unspecified atom stereocenters. The van der Waals surface area contributed by atoms with E-state index in [1.807, 2.05) is 36.4 Å². The van der Waals surface area contributed by atoms with Gasteiger partial charge < -0.3 is 15.2 Å². The number of ether oxygens (including phenoxy) is 2. The predicted octanol–water partition coefficient (Wildman–Crippen LogP) is 3.62. The van der Waals surface area contributed by atoms with Crippen molar-refractivity contribution in [1.82, 2.24) is 0 Å². The van der Waals surface area contributed by atoms with Gasteiger partial charge in [0.15, 0.2) is 11.5 Å². The summed E-state index contributed by atoms with van der Waals surface area (Å²) >= 11 is 3.37. The van der Waals surface area contributed by atoms with E-state index in [2.05, 4.69) is 15.9 Å². The number of anilines is 1. The van der Waals surface area contributed by atoms with Crippen LogP contribution in [0.4, 0.5) is 5.69 Å². The lowest BCUT2D eigenvalue weighted by atomic mass is 10.2. The van der Waals surface area contributed by atoms with Gasteiger partial charge in [-0.05, 0) is 17.7 Å². The summed E-state index contributed by atoms with van der Waals surface area (Å²) in [6.45, 7) is 0.461. The molecule has 2 aromatic carbocycles. The molecule has 0 amide bonds. The molecular weight excluding hydrogens is 294 g/mol. The number of hydrogen-bond donors (Lipinski definition) is 1. The lowest BCUT2D eigenvalue weighted by molar-refractivity contribution is 0.286. The summed E-state index contributed by atoms with van der Waals surface area (Å²) in [6, 6.07) is 13.5. The Hall–Kier alpha value is -1.68. The number of benzene rings is 2. The Labute approximate surface area is 115 Å². The van der Waals surface area contributed by atoms with Crippen LogP contribution >= 0.6 is 15.9 Å². The highest BCUT2D eigenvalue weighted by atomic mass is 79.9. The van der Waals surface area contributed by atoms with Gasteiger partial charge in [-0.2, -0.15) is 0 Å². The molecule has 3 nitrogen and oxygen atoms in total. The van der Waals surface area contributed by atoms with Crippen LogP contribution in [0.25, 0.3) is 0 Å². The van der Waals surface area contributed by atoms with Crippen LogP contribution in [0, 0.1) is 0 Å². The molecule has 2 N–H and O–H groups in total. The summed E-state index contributed by atoms with van der Waals surface area (Å²) in [5, 5.41) is 0. The molecular formula is C14H14BrNO2. The van der Waals surface area contributed by atoms with Crippen molar-refractivity contribution in [3.63, 3.8) is 0 Å². The van der Waals surface area contributed by atoms with E-state index in [0.29, 0.717) is 23.8 Å². The first-order valence-corrected chi connectivity index (χ1v) is 6.29. The Morgan fingerprint density at radius 3 is 2.56 bits per heavy atom. The van der Waals surface area contributed by atoms with Gasteiger partial charge >= 0.3 is 0 Å². The van der Waals surface area contributed by atoms with Crippen molar-refractivity contribution < 1.29 is 9.47 Å². The van der Waals surface area contributed by atoms with Crippen LogP contribution in [0.15, 0.2) is 46.9 Å². The third-order valence-electron chi connectivity index (χ3n) is 2.49. The molecule has 0 spiro atoms. The standard InChI is InChI=1S/C14H14BrNO2/c1-17-13-8-11(15)7-12(16)14(13)18-9-10-5-3-2-4-6-10/h2-8H,9,16H2,1H3. The quantitative estimate of drug-likeness (QED) is 0.877.